The molecule has 0 aliphatic heterocycles. The highest BCUT2D eigenvalue weighted by Crippen LogP contribution is 2.35. The van der Waals surface area contributed by atoms with Crippen molar-refractivity contribution in [3.63, 3.8) is 0 Å². The number of benzene rings is 2. The van der Waals surface area contributed by atoms with E-state index in [2.05, 4.69) is 36.2 Å². The van der Waals surface area contributed by atoms with Crippen molar-refractivity contribution in [3.8, 4) is 0 Å². The maximum Gasteiger partial charge on any atom is 0.337 e. The van der Waals surface area contributed by atoms with Gasteiger partial charge in [0.1, 0.15) is 0 Å². The molecule has 0 N–H and O–H groups in total. The second-order valence-electron chi connectivity index (χ2n) is 5.86. The highest BCUT2D eigenvalue weighted by molar-refractivity contribution is 5.89. The zero-order chi connectivity index (χ0) is 15.5. The zero-order valence-electron chi connectivity index (χ0n) is 13.1. The molecule has 2 aromatic carbocycles. The molecular weight excluding hydrogens is 274 g/mol. The van der Waals surface area contributed by atoms with Crippen LogP contribution in [-0.4, -0.2) is 25.0 Å². The number of methoxy groups -OCH3 is 1. The van der Waals surface area contributed by atoms with Crippen molar-refractivity contribution < 1.29 is 9.53 Å². The van der Waals surface area contributed by atoms with E-state index < -0.39 is 0 Å². The van der Waals surface area contributed by atoms with E-state index >= 15 is 0 Å². The molecule has 0 spiro atoms. The maximum absolute atomic E-state index is 11.5. The number of rotatable bonds is 4. The SMILES string of the molecule is COC(=O)c1ccc(CN(C)C2CCc3ccccc32)cc1. The van der Waals surface area contributed by atoms with Crippen molar-refractivity contribution in [1.29, 1.82) is 0 Å². The molecule has 1 aliphatic rings. The Labute approximate surface area is 131 Å². The monoisotopic (exact) mass is 295 g/mol. The number of carbonyl (C=O) groups is 1. The number of hydrogen-bond acceptors (Lipinski definition) is 3. The van der Waals surface area contributed by atoms with Crippen molar-refractivity contribution in [2.45, 2.75) is 25.4 Å². The lowest BCUT2D eigenvalue weighted by molar-refractivity contribution is 0.0600. The number of hydrogen-bond donors (Lipinski definition) is 0. The third-order valence-corrected chi connectivity index (χ3v) is 4.44. The fourth-order valence-corrected chi connectivity index (χ4v) is 3.25. The summed E-state index contributed by atoms with van der Waals surface area (Å²) >= 11 is 0. The van der Waals surface area contributed by atoms with Gasteiger partial charge in [-0.05, 0) is 48.7 Å². The van der Waals surface area contributed by atoms with Crippen molar-refractivity contribution in [2.75, 3.05) is 14.2 Å². The minimum absolute atomic E-state index is 0.287. The first-order valence-electron chi connectivity index (χ1n) is 7.64. The third kappa shape index (κ3) is 2.90. The normalized spacial score (nSPS) is 16.6. The van der Waals surface area contributed by atoms with Crippen LogP contribution < -0.4 is 0 Å². The van der Waals surface area contributed by atoms with Gasteiger partial charge in [0.15, 0.2) is 0 Å². The highest BCUT2D eigenvalue weighted by Gasteiger charge is 2.25. The summed E-state index contributed by atoms with van der Waals surface area (Å²) in [6, 6.07) is 16.9. The van der Waals surface area contributed by atoms with Crippen LogP contribution >= 0.6 is 0 Å². The Hall–Kier alpha value is -2.13. The van der Waals surface area contributed by atoms with Gasteiger partial charge in [-0.1, -0.05) is 36.4 Å². The van der Waals surface area contributed by atoms with Gasteiger partial charge in [-0.3, -0.25) is 4.90 Å². The van der Waals surface area contributed by atoms with Crippen LogP contribution in [0.5, 0.6) is 0 Å². The van der Waals surface area contributed by atoms with Crippen LogP contribution in [0.1, 0.15) is 39.5 Å². The minimum atomic E-state index is -0.287. The van der Waals surface area contributed by atoms with Crippen molar-refractivity contribution in [2.24, 2.45) is 0 Å². The van der Waals surface area contributed by atoms with E-state index in [0.717, 1.165) is 13.0 Å². The van der Waals surface area contributed by atoms with Gasteiger partial charge in [-0.15, -0.1) is 0 Å². The fourth-order valence-electron chi connectivity index (χ4n) is 3.25. The maximum atomic E-state index is 11.5. The van der Waals surface area contributed by atoms with Gasteiger partial charge in [0, 0.05) is 12.6 Å². The Morgan fingerprint density at radius 1 is 1.18 bits per heavy atom. The molecular formula is C19H21NO2. The van der Waals surface area contributed by atoms with Gasteiger partial charge in [-0.2, -0.15) is 0 Å². The van der Waals surface area contributed by atoms with E-state index in [1.165, 1.54) is 30.2 Å². The lowest BCUT2D eigenvalue weighted by atomic mass is 10.1. The van der Waals surface area contributed by atoms with Crippen molar-refractivity contribution in [3.05, 3.63) is 70.8 Å². The van der Waals surface area contributed by atoms with Gasteiger partial charge < -0.3 is 4.74 Å². The Bertz CT molecular complexity index is 663. The van der Waals surface area contributed by atoms with Crippen LogP contribution in [0.15, 0.2) is 48.5 Å². The summed E-state index contributed by atoms with van der Waals surface area (Å²) in [6.07, 6.45) is 2.34. The van der Waals surface area contributed by atoms with Crippen LogP contribution in [0.2, 0.25) is 0 Å². The third-order valence-electron chi connectivity index (χ3n) is 4.44. The van der Waals surface area contributed by atoms with Gasteiger partial charge in [0.25, 0.3) is 0 Å². The van der Waals surface area contributed by atoms with Gasteiger partial charge in [0.05, 0.1) is 12.7 Å². The van der Waals surface area contributed by atoms with E-state index in [1.54, 1.807) is 0 Å². The number of aryl methyl sites for hydroxylation is 1. The number of ether oxygens (including phenoxy) is 1. The molecule has 3 rings (SSSR count). The van der Waals surface area contributed by atoms with Crippen LogP contribution in [0, 0.1) is 0 Å². The predicted molar refractivity (Wildman–Crippen MR) is 86.8 cm³/mol. The molecule has 0 saturated carbocycles. The smallest absolute Gasteiger partial charge is 0.337 e. The molecule has 0 aromatic heterocycles. The Balaban J connectivity index is 1.70. The van der Waals surface area contributed by atoms with Crippen molar-refractivity contribution in [1.82, 2.24) is 4.90 Å². The largest absolute Gasteiger partial charge is 0.465 e. The first kappa shape index (κ1) is 14.8. The quantitative estimate of drug-likeness (QED) is 0.807. The Kier molecular flexibility index (Phi) is 4.25. The van der Waals surface area contributed by atoms with Crippen LogP contribution in [-0.2, 0) is 17.7 Å². The average Bonchev–Trinajstić information content (AvgIpc) is 2.99. The zero-order valence-corrected chi connectivity index (χ0v) is 13.1. The van der Waals surface area contributed by atoms with E-state index in [0.29, 0.717) is 11.6 Å². The second kappa shape index (κ2) is 6.32. The molecule has 114 valence electrons. The Morgan fingerprint density at radius 3 is 2.64 bits per heavy atom. The molecule has 0 amide bonds. The van der Waals surface area contributed by atoms with Gasteiger partial charge in [0.2, 0.25) is 0 Å². The first-order chi connectivity index (χ1) is 10.7. The number of nitrogens with zero attached hydrogens (tertiary/aromatic N) is 1. The molecule has 3 nitrogen and oxygen atoms in total. The summed E-state index contributed by atoms with van der Waals surface area (Å²) < 4.78 is 4.73. The molecule has 0 fully saturated rings. The fraction of sp³-hybridized carbons (Fsp3) is 0.316. The molecule has 22 heavy (non-hydrogen) atoms. The summed E-state index contributed by atoms with van der Waals surface area (Å²) in [6.45, 7) is 0.875. The summed E-state index contributed by atoms with van der Waals surface area (Å²) in [5.41, 5.74) is 4.73. The molecule has 1 atom stereocenters. The summed E-state index contributed by atoms with van der Waals surface area (Å²) in [4.78, 5) is 13.8. The predicted octanol–water partition coefficient (Wildman–Crippen LogP) is 3.59. The molecule has 3 heteroatoms. The lowest BCUT2D eigenvalue weighted by Gasteiger charge is -2.25. The van der Waals surface area contributed by atoms with Crippen LogP contribution in [0.25, 0.3) is 0 Å². The molecule has 2 aromatic rings. The molecule has 0 radical (unpaired) electrons. The lowest BCUT2D eigenvalue weighted by Crippen LogP contribution is -2.22. The summed E-state index contributed by atoms with van der Waals surface area (Å²) in [7, 11) is 3.57. The molecule has 0 saturated heterocycles. The van der Waals surface area contributed by atoms with Gasteiger partial charge >= 0.3 is 5.97 Å². The van der Waals surface area contributed by atoms with E-state index in [-0.39, 0.29) is 5.97 Å². The Morgan fingerprint density at radius 2 is 1.91 bits per heavy atom. The van der Waals surface area contributed by atoms with E-state index in [9.17, 15) is 4.79 Å². The number of esters is 1. The number of fused-ring (bicyclic) bond motifs is 1. The second-order valence-corrected chi connectivity index (χ2v) is 5.86. The topological polar surface area (TPSA) is 29.5 Å². The molecule has 0 bridgehead atoms. The molecule has 1 aliphatic carbocycles. The van der Waals surface area contributed by atoms with E-state index in [4.69, 9.17) is 4.74 Å². The molecule has 1 unspecified atom stereocenters. The average molecular weight is 295 g/mol. The van der Waals surface area contributed by atoms with Crippen LogP contribution in [0.4, 0.5) is 0 Å². The van der Waals surface area contributed by atoms with Crippen molar-refractivity contribution >= 4 is 5.97 Å². The minimum Gasteiger partial charge on any atom is -0.465 e. The van der Waals surface area contributed by atoms with E-state index in [1.807, 2.05) is 24.3 Å². The highest BCUT2D eigenvalue weighted by atomic mass is 16.5. The van der Waals surface area contributed by atoms with Gasteiger partial charge in [-0.25, -0.2) is 4.79 Å². The summed E-state index contributed by atoms with van der Waals surface area (Å²) in [5, 5.41) is 0. The van der Waals surface area contributed by atoms with Crippen LogP contribution in [0.3, 0.4) is 0 Å². The first-order valence-corrected chi connectivity index (χ1v) is 7.64. The summed E-state index contributed by atoms with van der Waals surface area (Å²) in [5.74, 6) is -0.287. The number of carbonyl (C=O) groups excluding carboxylic acids is 1. The molecule has 0 heterocycles. The standard InChI is InChI=1S/C19H21NO2/c1-20(18-12-11-15-5-3-4-6-17(15)18)13-14-7-9-16(10-8-14)19(21)22-2/h3-10,18H,11-13H2,1-2H3.